The summed E-state index contributed by atoms with van der Waals surface area (Å²) in [4.78, 5) is 42.8. The first-order valence-electron chi connectivity index (χ1n) is 11.4. The van der Waals surface area contributed by atoms with Crippen molar-refractivity contribution in [3.8, 4) is 0 Å². The van der Waals surface area contributed by atoms with Crippen molar-refractivity contribution in [1.82, 2.24) is 9.80 Å². The molecular formula is C26H27ClFN3O4. The summed E-state index contributed by atoms with van der Waals surface area (Å²) in [6.45, 7) is 5.41. The minimum Gasteiger partial charge on any atom is -0.478 e. The van der Waals surface area contributed by atoms with Crippen LogP contribution in [0.15, 0.2) is 60.7 Å². The summed E-state index contributed by atoms with van der Waals surface area (Å²) in [5.41, 5.74) is 0.597. The fourth-order valence-electron chi connectivity index (χ4n) is 5.15. The van der Waals surface area contributed by atoms with Gasteiger partial charge in [0.2, 0.25) is 5.91 Å². The highest BCUT2D eigenvalue weighted by atomic mass is 35.5. The molecule has 0 bridgehead atoms. The lowest BCUT2D eigenvalue weighted by atomic mass is 9.81. The van der Waals surface area contributed by atoms with E-state index in [0.29, 0.717) is 23.8 Å². The number of nitrogens with zero attached hydrogens (tertiary/aromatic N) is 3. The van der Waals surface area contributed by atoms with Crippen LogP contribution >= 0.6 is 11.6 Å². The lowest BCUT2D eigenvalue weighted by molar-refractivity contribution is -0.132. The molecule has 0 radical (unpaired) electrons. The zero-order chi connectivity index (χ0) is 25.3. The molecule has 7 nitrogen and oxygen atoms in total. The average molecular weight is 500 g/mol. The number of benzene rings is 2. The molecule has 35 heavy (non-hydrogen) atoms. The van der Waals surface area contributed by atoms with Gasteiger partial charge < -0.3 is 14.9 Å². The van der Waals surface area contributed by atoms with Crippen LogP contribution in [0.1, 0.15) is 25.3 Å². The lowest BCUT2D eigenvalue weighted by Crippen LogP contribution is -2.53. The molecule has 2 aromatic rings. The van der Waals surface area contributed by atoms with E-state index in [2.05, 4.69) is 0 Å². The Labute approximate surface area is 208 Å². The van der Waals surface area contributed by atoms with Crippen molar-refractivity contribution < 1.29 is 23.9 Å². The van der Waals surface area contributed by atoms with Gasteiger partial charge in [-0.05, 0) is 47.9 Å². The Morgan fingerprint density at radius 1 is 1.11 bits per heavy atom. The van der Waals surface area contributed by atoms with Crippen LogP contribution in [0, 0.1) is 11.7 Å². The molecule has 0 aliphatic carbocycles. The monoisotopic (exact) mass is 499 g/mol. The van der Waals surface area contributed by atoms with Crippen LogP contribution in [0.25, 0.3) is 0 Å². The quantitative estimate of drug-likeness (QED) is 0.598. The normalized spacial score (nSPS) is 22.3. The first-order chi connectivity index (χ1) is 16.6. The third-order valence-corrected chi connectivity index (χ3v) is 6.76. The average Bonchev–Trinajstić information content (AvgIpc) is 3.30. The number of amides is 3. The molecule has 1 spiro atoms. The topological polar surface area (TPSA) is 81.2 Å². The molecule has 0 aromatic heterocycles. The Morgan fingerprint density at radius 3 is 2.37 bits per heavy atom. The van der Waals surface area contributed by atoms with E-state index in [1.54, 1.807) is 51.1 Å². The third kappa shape index (κ3) is 4.89. The minimum absolute atomic E-state index is 0.177. The number of aliphatic carboxylic acids is 1. The van der Waals surface area contributed by atoms with Crippen LogP contribution in [0.5, 0.6) is 0 Å². The highest BCUT2D eigenvalue weighted by Crippen LogP contribution is 2.47. The van der Waals surface area contributed by atoms with Gasteiger partial charge in [0.05, 0.1) is 5.54 Å². The number of carboxylic acids is 1. The molecule has 4 rings (SSSR count). The number of likely N-dealkylation sites (tertiary alicyclic amines) is 1. The van der Waals surface area contributed by atoms with E-state index in [1.165, 1.54) is 12.1 Å². The molecule has 2 aliphatic rings. The predicted octanol–water partition coefficient (Wildman–Crippen LogP) is 4.38. The Kier molecular flexibility index (Phi) is 6.85. The Morgan fingerprint density at radius 2 is 1.77 bits per heavy atom. The minimum atomic E-state index is -1.22. The Balaban J connectivity index is 1.83. The summed E-state index contributed by atoms with van der Waals surface area (Å²) in [6.07, 6.45) is 1.83. The molecule has 2 aliphatic heterocycles. The van der Waals surface area contributed by atoms with Crippen molar-refractivity contribution in [2.75, 3.05) is 31.1 Å². The number of rotatable bonds is 6. The SMILES string of the molecule is CC(C)CN1C[C@@]2(CN(C(=O)/C=C/C(=O)O)C[C@@H]2c2ccc(F)cc2)N(c2ccc(Cl)cc2)C1=O. The fraction of sp³-hybridized carbons (Fsp3) is 0.346. The summed E-state index contributed by atoms with van der Waals surface area (Å²) >= 11 is 6.11. The molecule has 2 atom stereocenters. The number of hydrogen-bond acceptors (Lipinski definition) is 3. The van der Waals surface area contributed by atoms with Gasteiger partial charge in [-0.2, -0.15) is 0 Å². The Hall–Kier alpha value is -3.39. The van der Waals surface area contributed by atoms with Gasteiger partial charge >= 0.3 is 12.0 Å². The highest BCUT2D eigenvalue weighted by Gasteiger charge is 2.60. The number of carbonyl (C=O) groups is 3. The second kappa shape index (κ2) is 9.70. The Bertz CT molecular complexity index is 1150. The van der Waals surface area contributed by atoms with Gasteiger partial charge in [-0.1, -0.05) is 37.6 Å². The van der Waals surface area contributed by atoms with Crippen molar-refractivity contribution in [3.05, 3.63) is 77.1 Å². The van der Waals surface area contributed by atoms with Gasteiger partial charge in [-0.3, -0.25) is 9.69 Å². The van der Waals surface area contributed by atoms with Gasteiger partial charge in [0.1, 0.15) is 5.82 Å². The summed E-state index contributed by atoms with van der Waals surface area (Å²) in [7, 11) is 0. The highest BCUT2D eigenvalue weighted by molar-refractivity contribution is 6.30. The van der Waals surface area contributed by atoms with E-state index in [1.807, 2.05) is 13.8 Å². The molecule has 2 aromatic carbocycles. The summed E-state index contributed by atoms with van der Waals surface area (Å²) in [5, 5.41) is 9.50. The van der Waals surface area contributed by atoms with Gasteiger partial charge in [0.15, 0.2) is 0 Å². The number of halogens is 2. The summed E-state index contributed by atoms with van der Waals surface area (Å²) < 4.78 is 13.8. The van der Waals surface area contributed by atoms with Gasteiger partial charge in [-0.15, -0.1) is 0 Å². The molecule has 2 fully saturated rings. The molecular weight excluding hydrogens is 473 g/mol. The van der Waals surface area contributed by atoms with Crippen molar-refractivity contribution in [3.63, 3.8) is 0 Å². The number of anilines is 1. The molecule has 2 saturated heterocycles. The third-order valence-electron chi connectivity index (χ3n) is 6.51. The van der Waals surface area contributed by atoms with Gasteiger partial charge in [0.25, 0.3) is 0 Å². The van der Waals surface area contributed by atoms with Crippen molar-refractivity contribution >= 4 is 35.2 Å². The first-order valence-corrected chi connectivity index (χ1v) is 11.8. The maximum absolute atomic E-state index is 13.8. The van der Waals surface area contributed by atoms with Crippen LogP contribution in [0.2, 0.25) is 5.02 Å². The zero-order valence-corrected chi connectivity index (χ0v) is 20.3. The van der Waals surface area contributed by atoms with Crippen molar-refractivity contribution in [2.45, 2.75) is 25.3 Å². The molecule has 9 heteroatoms. The maximum atomic E-state index is 13.8. The van der Waals surface area contributed by atoms with Crippen LogP contribution in [-0.2, 0) is 9.59 Å². The van der Waals surface area contributed by atoms with Crippen LogP contribution < -0.4 is 4.90 Å². The number of carboxylic acid groups (broad SMARTS) is 1. The zero-order valence-electron chi connectivity index (χ0n) is 19.5. The van der Waals surface area contributed by atoms with E-state index < -0.39 is 17.4 Å². The molecule has 2 heterocycles. The van der Waals surface area contributed by atoms with E-state index in [0.717, 1.165) is 17.7 Å². The molecule has 3 amide bonds. The second-order valence-electron chi connectivity index (χ2n) is 9.47. The molecule has 184 valence electrons. The molecule has 0 unspecified atom stereocenters. The van der Waals surface area contributed by atoms with E-state index in [9.17, 15) is 18.8 Å². The second-order valence-corrected chi connectivity index (χ2v) is 9.90. The molecule has 0 saturated carbocycles. The number of carbonyl (C=O) groups excluding carboxylic acids is 2. The van der Waals surface area contributed by atoms with Crippen LogP contribution in [0.3, 0.4) is 0 Å². The fourth-order valence-corrected chi connectivity index (χ4v) is 5.28. The van der Waals surface area contributed by atoms with E-state index >= 15 is 0 Å². The van der Waals surface area contributed by atoms with Gasteiger partial charge in [-0.25, -0.2) is 14.0 Å². The van der Waals surface area contributed by atoms with Crippen molar-refractivity contribution in [1.29, 1.82) is 0 Å². The maximum Gasteiger partial charge on any atom is 0.328 e. The smallest absolute Gasteiger partial charge is 0.328 e. The van der Waals surface area contributed by atoms with E-state index in [4.69, 9.17) is 16.7 Å². The number of hydrogen-bond donors (Lipinski definition) is 1. The standard InChI is InChI=1S/C26H27ClFN3O4/c1-17(2)13-30-16-26(31(25(30)35)21-9-5-19(27)6-10-21)15-29(23(32)11-12-24(33)34)14-22(26)18-3-7-20(28)8-4-18/h3-12,17,22H,13-16H2,1-2H3,(H,33,34)/b12-11+/t22-,26-/m1/s1. The van der Waals surface area contributed by atoms with Gasteiger partial charge in [0, 0.05) is 55.0 Å². The number of urea groups is 1. The first kappa shape index (κ1) is 24.7. The summed E-state index contributed by atoms with van der Waals surface area (Å²) in [6, 6.07) is 12.9. The van der Waals surface area contributed by atoms with Crippen LogP contribution in [-0.4, -0.2) is 64.5 Å². The summed E-state index contributed by atoms with van der Waals surface area (Å²) in [5.74, 6) is -2.16. The largest absolute Gasteiger partial charge is 0.478 e. The van der Waals surface area contributed by atoms with E-state index in [-0.39, 0.29) is 36.8 Å². The van der Waals surface area contributed by atoms with Crippen LogP contribution in [0.4, 0.5) is 14.9 Å². The predicted molar refractivity (Wildman–Crippen MR) is 131 cm³/mol. The molecule has 1 N–H and O–H groups in total. The lowest BCUT2D eigenvalue weighted by Gasteiger charge is -2.38. The van der Waals surface area contributed by atoms with Crippen molar-refractivity contribution in [2.24, 2.45) is 5.92 Å².